The van der Waals surface area contributed by atoms with Gasteiger partial charge in [0.1, 0.15) is 18.0 Å². The molecule has 6 rings (SSSR count). The molecule has 1 saturated carbocycles. The summed E-state index contributed by atoms with van der Waals surface area (Å²) in [6.07, 6.45) is 3.53. The first-order valence-corrected chi connectivity index (χ1v) is 13.2. The van der Waals surface area contributed by atoms with Crippen molar-refractivity contribution >= 4 is 22.6 Å². The predicted molar refractivity (Wildman–Crippen MR) is 146 cm³/mol. The fourth-order valence-electron chi connectivity index (χ4n) is 5.19. The first-order valence-electron chi connectivity index (χ1n) is 13.2. The molecule has 0 amide bonds. The highest BCUT2D eigenvalue weighted by Gasteiger charge is 2.29. The van der Waals surface area contributed by atoms with E-state index in [0.717, 1.165) is 38.0 Å². The van der Waals surface area contributed by atoms with Crippen molar-refractivity contribution in [2.45, 2.75) is 32.0 Å². The lowest BCUT2D eigenvalue weighted by molar-refractivity contribution is 0.0470. The molecule has 194 valence electrons. The largest absolute Gasteiger partial charge is 0.457 e. The van der Waals surface area contributed by atoms with Gasteiger partial charge in [-0.2, -0.15) is 0 Å². The summed E-state index contributed by atoms with van der Waals surface area (Å²) in [7, 11) is 0. The molecular weight excluding hydrogens is 481 g/mol. The number of carbonyl (C=O) groups excluding carboxylic acids is 1. The third-order valence-electron chi connectivity index (χ3n) is 7.44. The molecule has 0 radical (unpaired) electrons. The smallest absolute Gasteiger partial charge is 0.343 e. The number of pyridine rings is 1. The van der Waals surface area contributed by atoms with Crippen LogP contribution in [0.5, 0.6) is 0 Å². The SMILES string of the molecule is O=C(OCc1ccccc1)c1cn(C2CC2)c2cc(N3CCN(Cc4ccccc4)CC3)c(F)cc2c1=O. The number of halogens is 1. The lowest BCUT2D eigenvalue weighted by atomic mass is 10.1. The highest BCUT2D eigenvalue weighted by Crippen LogP contribution is 2.38. The molecule has 6 nitrogen and oxygen atoms in total. The number of anilines is 1. The van der Waals surface area contributed by atoms with Crippen molar-refractivity contribution in [3.63, 3.8) is 0 Å². The standard InChI is InChI=1S/C31H30FN3O3/c32-27-17-25-28(18-29(27)34-15-13-33(14-16-34)19-22-7-3-1-4-8-22)35(24-11-12-24)20-26(30(25)36)31(37)38-21-23-9-5-2-6-10-23/h1-10,17-18,20,24H,11-16,19,21H2. The minimum atomic E-state index is -0.686. The number of hydrogen-bond donors (Lipinski definition) is 0. The maximum Gasteiger partial charge on any atom is 0.343 e. The van der Waals surface area contributed by atoms with E-state index in [1.165, 1.54) is 11.6 Å². The molecule has 2 heterocycles. The maximum absolute atomic E-state index is 15.5. The van der Waals surface area contributed by atoms with Crippen LogP contribution in [0.3, 0.4) is 0 Å². The molecule has 1 aromatic heterocycles. The zero-order valence-electron chi connectivity index (χ0n) is 21.2. The molecule has 3 aromatic carbocycles. The van der Waals surface area contributed by atoms with Crippen molar-refractivity contribution in [3.8, 4) is 0 Å². The van der Waals surface area contributed by atoms with Crippen LogP contribution in [0.15, 0.2) is 83.8 Å². The van der Waals surface area contributed by atoms with E-state index in [0.29, 0.717) is 24.3 Å². The monoisotopic (exact) mass is 511 g/mol. The molecule has 2 fully saturated rings. The number of rotatable bonds is 7. The van der Waals surface area contributed by atoms with Crippen molar-refractivity contribution < 1.29 is 13.9 Å². The number of nitrogens with zero attached hydrogens (tertiary/aromatic N) is 3. The highest BCUT2D eigenvalue weighted by molar-refractivity contribution is 5.94. The van der Waals surface area contributed by atoms with E-state index in [2.05, 4.69) is 21.9 Å². The quantitative estimate of drug-likeness (QED) is 0.321. The molecule has 4 aromatic rings. The van der Waals surface area contributed by atoms with Gasteiger partial charge in [0, 0.05) is 50.3 Å². The van der Waals surface area contributed by atoms with Gasteiger partial charge in [-0.05, 0) is 36.1 Å². The molecule has 38 heavy (non-hydrogen) atoms. The number of carbonyl (C=O) groups is 1. The molecule has 7 heteroatoms. The van der Waals surface area contributed by atoms with Crippen LogP contribution in [0.1, 0.15) is 40.4 Å². The van der Waals surface area contributed by atoms with E-state index in [-0.39, 0.29) is 23.6 Å². The second-order valence-electron chi connectivity index (χ2n) is 10.1. The molecule has 1 aliphatic carbocycles. The number of ether oxygens (including phenoxy) is 1. The Morgan fingerprint density at radius 3 is 2.21 bits per heavy atom. The Kier molecular flexibility index (Phi) is 6.68. The van der Waals surface area contributed by atoms with E-state index in [1.807, 2.05) is 53.1 Å². The minimum absolute atomic E-state index is 0.0537. The van der Waals surface area contributed by atoms with Crippen LogP contribution in [0.2, 0.25) is 0 Å². The molecule has 1 saturated heterocycles. The molecule has 0 N–H and O–H groups in total. The average molecular weight is 512 g/mol. The second kappa shape index (κ2) is 10.4. The van der Waals surface area contributed by atoms with E-state index >= 15 is 4.39 Å². The van der Waals surface area contributed by atoms with Crippen molar-refractivity contribution in [2.24, 2.45) is 0 Å². The van der Waals surface area contributed by atoms with Gasteiger partial charge in [0.15, 0.2) is 0 Å². The van der Waals surface area contributed by atoms with Gasteiger partial charge in [-0.15, -0.1) is 0 Å². The molecule has 0 spiro atoms. The van der Waals surface area contributed by atoms with Crippen molar-refractivity contribution in [3.05, 3.63) is 112 Å². The average Bonchev–Trinajstić information content (AvgIpc) is 3.79. The maximum atomic E-state index is 15.5. The molecule has 0 atom stereocenters. The number of hydrogen-bond acceptors (Lipinski definition) is 5. The summed E-state index contributed by atoms with van der Waals surface area (Å²) in [6.45, 7) is 4.00. The van der Waals surface area contributed by atoms with Crippen LogP contribution in [-0.4, -0.2) is 41.6 Å². The van der Waals surface area contributed by atoms with Gasteiger partial charge in [-0.3, -0.25) is 9.69 Å². The first-order chi connectivity index (χ1) is 18.6. The topological polar surface area (TPSA) is 54.8 Å². The molecule has 1 aliphatic heterocycles. The van der Waals surface area contributed by atoms with E-state index in [4.69, 9.17) is 4.74 Å². The van der Waals surface area contributed by atoms with Gasteiger partial charge in [-0.1, -0.05) is 60.7 Å². The third kappa shape index (κ3) is 5.07. The highest BCUT2D eigenvalue weighted by atomic mass is 19.1. The van der Waals surface area contributed by atoms with Crippen LogP contribution in [0, 0.1) is 5.82 Å². The Balaban J connectivity index is 1.25. The third-order valence-corrected chi connectivity index (χ3v) is 7.44. The molecular formula is C31H30FN3O3. The fraction of sp³-hybridized carbons (Fsp3) is 0.290. The minimum Gasteiger partial charge on any atom is -0.457 e. The van der Waals surface area contributed by atoms with E-state index < -0.39 is 17.2 Å². The summed E-state index contributed by atoms with van der Waals surface area (Å²) in [5.74, 6) is -1.13. The molecule has 0 unspecified atom stereocenters. The van der Waals surface area contributed by atoms with Crippen molar-refractivity contribution in [2.75, 3.05) is 31.1 Å². The van der Waals surface area contributed by atoms with Crippen molar-refractivity contribution in [1.29, 1.82) is 0 Å². The van der Waals surface area contributed by atoms with Crippen LogP contribution in [0.4, 0.5) is 10.1 Å². The van der Waals surface area contributed by atoms with Gasteiger partial charge in [0.05, 0.1) is 11.2 Å². The summed E-state index contributed by atoms with van der Waals surface area (Å²) >= 11 is 0. The number of esters is 1. The zero-order chi connectivity index (χ0) is 26.1. The summed E-state index contributed by atoms with van der Waals surface area (Å²) in [6, 6.07) is 23.0. The van der Waals surface area contributed by atoms with E-state index in [1.54, 1.807) is 12.3 Å². The summed E-state index contributed by atoms with van der Waals surface area (Å²) in [5.41, 5.74) is 2.73. The lowest BCUT2D eigenvalue weighted by Gasteiger charge is -2.36. The first kappa shape index (κ1) is 24.4. The number of piperazine rings is 1. The van der Waals surface area contributed by atoms with Gasteiger partial charge in [-0.25, -0.2) is 9.18 Å². The fourth-order valence-corrected chi connectivity index (χ4v) is 5.19. The number of fused-ring (bicyclic) bond motifs is 1. The van der Waals surface area contributed by atoms with Crippen LogP contribution < -0.4 is 10.3 Å². The molecule has 0 bridgehead atoms. The summed E-state index contributed by atoms with van der Waals surface area (Å²) < 4.78 is 22.9. The number of aromatic nitrogens is 1. The second-order valence-corrected chi connectivity index (χ2v) is 10.1. The Morgan fingerprint density at radius 1 is 0.895 bits per heavy atom. The van der Waals surface area contributed by atoms with Crippen LogP contribution >= 0.6 is 0 Å². The van der Waals surface area contributed by atoms with Gasteiger partial charge >= 0.3 is 5.97 Å². The van der Waals surface area contributed by atoms with Crippen LogP contribution in [-0.2, 0) is 17.9 Å². The normalized spacial score (nSPS) is 16.1. The van der Waals surface area contributed by atoms with Crippen molar-refractivity contribution in [1.82, 2.24) is 9.47 Å². The Morgan fingerprint density at radius 2 is 1.55 bits per heavy atom. The van der Waals surface area contributed by atoms with Crippen LogP contribution in [0.25, 0.3) is 10.9 Å². The Labute approximate surface area is 220 Å². The summed E-state index contributed by atoms with van der Waals surface area (Å²) in [5, 5.41) is 0.218. The summed E-state index contributed by atoms with van der Waals surface area (Å²) in [4.78, 5) is 30.7. The molecule has 2 aliphatic rings. The van der Waals surface area contributed by atoms with Gasteiger partial charge < -0.3 is 14.2 Å². The van der Waals surface area contributed by atoms with Gasteiger partial charge in [0.25, 0.3) is 0 Å². The zero-order valence-corrected chi connectivity index (χ0v) is 21.2. The van der Waals surface area contributed by atoms with E-state index in [9.17, 15) is 9.59 Å². The lowest BCUT2D eigenvalue weighted by Crippen LogP contribution is -2.46. The van der Waals surface area contributed by atoms with Gasteiger partial charge in [0.2, 0.25) is 5.43 Å². The Hall–Kier alpha value is -3.97. The Bertz CT molecular complexity index is 1510. The predicted octanol–water partition coefficient (Wildman–Crippen LogP) is 5.15. The number of benzene rings is 3.